The van der Waals surface area contributed by atoms with E-state index in [1.165, 1.54) is 41.9 Å². The molecule has 482 valence electrons. The van der Waals surface area contributed by atoms with Crippen molar-refractivity contribution >= 4 is 75.5 Å². The molecule has 5 saturated heterocycles. The van der Waals surface area contributed by atoms with E-state index in [-0.39, 0.29) is 110 Å². The summed E-state index contributed by atoms with van der Waals surface area (Å²) in [6, 6.07) is 0. The Bertz CT molecular complexity index is 2200. The molecule has 5 aliphatic rings. The zero-order valence-electron chi connectivity index (χ0n) is 51.3. The smallest absolute Gasteiger partial charge is 0.311 e. The first-order chi connectivity index (χ1) is 39.9. The Hall–Kier alpha value is -5.92. The minimum absolute atomic E-state index is 0.0321. The third-order valence-corrected chi connectivity index (χ3v) is 14.9. The molecular weight excluding hydrogens is 1120 g/mol. The molecule has 5 rings (SSSR count). The van der Waals surface area contributed by atoms with E-state index in [1.54, 1.807) is 44.4 Å². The van der Waals surface area contributed by atoms with E-state index >= 15 is 0 Å². The number of aliphatic carboxylic acids is 1. The Balaban J connectivity index is 0.000000526. The number of esters is 5. The maximum absolute atomic E-state index is 11.8. The molecule has 0 aromatic heterocycles. The van der Waals surface area contributed by atoms with Crippen LogP contribution in [0, 0.1) is 29.6 Å². The summed E-state index contributed by atoms with van der Waals surface area (Å²) < 4.78 is 54.1. The first-order valence-electron chi connectivity index (χ1n) is 30.3. The third-order valence-electron chi connectivity index (χ3n) is 14.2. The van der Waals surface area contributed by atoms with E-state index in [4.69, 9.17) is 33.3 Å². The van der Waals surface area contributed by atoms with Crippen LogP contribution < -0.4 is 0 Å². The lowest BCUT2D eigenvalue weighted by Gasteiger charge is -2.16. The first kappa shape index (κ1) is 76.1. The molecule has 5 unspecified atom stereocenters. The van der Waals surface area contributed by atoms with Crippen LogP contribution in [-0.4, -0.2) is 212 Å². The second kappa shape index (κ2) is 42.8. The summed E-state index contributed by atoms with van der Waals surface area (Å²) in [5.41, 5.74) is 0. The predicted octanol–water partition coefficient (Wildman–Crippen LogP) is 5.09. The van der Waals surface area contributed by atoms with Crippen LogP contribution in [0.15, 0.2) is 0 Å². The van der Waals surface area contributed by atoms with Crippen molar-refractivity contribution in [3.8, 4) is 0 Å². The molecule has 5 atom stereocenters. The second-order valence-corrected chi connectivity index (χ2v) is 22.6. The molecule has 25 nitrogen and oxygen atoms in total. The van der Waals surface area contributed by atoms with Gasteiger partial charge >= 0.3 is 35.8 Å². The van der Waals surface area contributed by atoms with Crippen molar-refractivity contribution in [2.75, 3.05) is 104 Å². The SMILES string of the molecule is CCCCCCCCN1CC(C(=O)OCC)CC1=O.CCCCCN1CC(C(=O)OCC)CC1=O.CCCCN1CC(C(=O)OCC)CC1=O.CCOC(=O)C1CC(=O)N(CCCC(=O)O)C1.CCOC(=O)C1CC(=O)N(CCS(=O)(=O)O)C1. The average Bonchev–Trinajstić information content (AvgIpc) is 4.38. The quantitative estimate of drug-likeness (QED) is 0.0395. The molecule has 84 heavy (non-hydrogen) atoms. The van der Waals surface area contributed by atoms with E-state index in [2.05, 4.69) is 20.8 Å². The number of carbonyl (C=O) groups is 11. The molecule has 0 aromatic carbocycles. The van der Waals surface area contributed by atoms with E-state index in [0.29, 0.717) is 84.8 Å². The summed E-state index contributed by atoms with van der Waals surface area (Å²) in [6.07, 6.45) is 14.3. The van der Waals surface area contributed by atoms with Crippen LogP contribution in [0.3, 0.4) is 0 Å². The number of ether oxygens (including phenoxy) is 5. The zero-order valence-corrected chi connectivity index (χ0v) is 52.1. The van der Waals surface area contributed by atoms with Crippen molar-refractivity contribution in [2.45, 2.75) is 171 Å². The number of unbranched alkanes of at least 4 members (excludes halogenated alkanes) is 8. The van der Waals surface area contributed by atoms with Gasteiger partial charge in [0, 0.05) is 104 Å². The largest absolute Gasteiger partial charge is 0.481 e. The highest BCUT2D eigenvalue weighted by Crippen LogP contribution is 2.24. The molecule has 0 radical (unpaired) electrons. The minimum Gasteiger partial charge on any atom is -0.481 e. The maximum Gasteiger partial charge on any atom is 0.311 e. The van der Waals surface area contributed by atoms with Crippen LogP contribution >= 0.6 is 0 Å². The highest BCUT2D eigenvalue weighted by molar-refractivity contribution is 7.85. The van der Waals surface area contributed by atoms with Crippen LogP contribution in [0.1, 0.15) is 171 Å². The summed E-state index contributed by atoms with van der Waals surface area (Å²) in [5.74, 6) is -4.65. The van der Waals surface area contributed by atoms with E-state index in [1.807, 2.05) is 4.90 Å². The van der Waals surface area contributed by atoms with Crippen molar-refractivity contribution in [1.82, 2.24) is 24.5 Å². The highest BCUT2D eigenvalue weighted by Gasteiger charge is 2.39. The van der Waals surface area contributed by atoms with Crippen LogP contribution in [0.2, 0.25) is 0 Å². The monoisotopic (exact) mass is 1220 g/mol. The maximum atomic E-state index is 11.8. The predicted molar refractivity (Wildman–Crippen MR) is 308 cm³/mol. The lowest BCUT2D eigenvalue weighted by atomic mass is 10.1. The summed E-state index contributed by atoms with van der Waals surface area (Å²) in [7, 11) is -4.09. The standard InChI is InChI=1S/C15H27NO3.C12H21NO3.C11H17NO5.C11H19NO3.C9H15NO6S/c1-3-5-6-7-8-9-10-16-12-13(11-14(16)17)15(18)19-4-2;1-3-5-6-7-13-9-10(8-11(13)14)12(15)16-4-2;1-2-17-11(16)8-6-9(13)12(7-8)5-3-4-10(14)15;1-3-5-6-12-8-9(7-10(12)13)11(14)15-4-2;1-2-16-9(12)7-5-8(11)10(6-7)3-4-17(13,14)15/h13H,3-12H2,1-2H3;10H,3-9H2,1-2H3;8H,2-7H2,1H3,(H,14,15);9H,3-8H2,1-2H3;7H,2-6H2,1H3,(H,13,14,15). The number of rotatable bonds is 31. The fourth-order valence-electron chi connectivity index (χ4n) is 9.66. The number of amides is 5. The Morgan fingerprint density at radius 3 is 0.893 bits per heavy atom. The molecule has 0 aromatic rings. The molecule has 5 amide bonds. The van der Waals surface area contributed by atoms with Gasteiger partial charge in [-0.05, 0) is 60.3 Å². The van der Waals surface area contributed by atoms with Gasteiger partial charge in [-0.1, -0.05) is 72.1 Å². The van der Waals surface area contributed by atoms with Crippen LogP contribution in [0.5, 0.6) is 0 Å². The number of carbonyl (C=O) groups excluding carboxylic acids is 10. The fraction of sp³-hybridized carbons (Fsp3) is 0.810. The molecule has 0 saturated carbocycles. The van der Waals surface area contributed by atoms with E-state index in [0.717, 1.165) is 58.2 Å². The lowest BCUT2D eigenvalue weighted by Crippen LogP contribution is -2.31. The van der Waals surface area contributed by atoms with Gasteiger partial charge in [0.15, 0.2) is 0 Å². The van der Waals surface area contributed by atoms with Gasteiger partial charge in [-0.15, -0.1) is 0 Å². The van der Waals surface area contributed by atoms with Crippen molar-refractivity contribution in [3.05, 3.63) is 0 Å². The molecule has 5 heterocycles. The van der Waals surface area contributed by atoms with Crippen molar-refractivity contribution < 1.29 is 94.5 Å². The molecule has 5 aliphatic heterocycles. The van der Waals surface area contributed by atoms with Crippen molar-refractivity contribution in [1.29, 1.82) is 0 Å². The third kappa shape index (κ3) is 30.8. The molecule has 0 bridgehead atoms. The Labute approximate surface area is 497 Å². The van der Waals surface area contributed by atoms with Gasteiger partial charge in [0.2, 0.25) is 29.5 Å². The molecule has 0 spiro atoms. The fourth-order valence-corrected chi connectivity index (χ4v) is 10.1. The van der Waals surface area contributed by atoms with Crippen LogP contribution in [-0.2, 0) is 86.5 Å². The van der Waals surface area contributed by atoms with Gasteiger partial charge in [0.05, 0.1) is 68.4 Å². The van der Waals surface area contributed by atoms with Gasteiger partial charge in [-0.2, -0.15) is 8.42 Å². The van der Waals surface area contributed by atoms with Gasteiger partial charge in [-0.3, -0.25) is 57.3 Å². The summed E-state index contributed by atoms with van der Waals surface area (Å²) in [6.45, 7) is 21.6. The number of carboxylic acid groups (broad SMARTS) is 1. The Kier molecular flexibility index (Phi) is 38.8. The second-order valence-electron chi connectivity index (χ2n) is 21.1. The van der Waals surface area contributed by atoms with Crippen LogP contribution in [0.4, 0.5) is 0 Å². The normalized spacial score (nSPS) is 20.0. The van der Waals surface area contributed by atoms with Gasteiger partial charge in [-0.25, -0.2) is 0 Å². The zero-order chi connectivity index (χ0) is 63.2. The number of likely N-dealkylation sites (tertiary alicyclic amines) is 5. The molecular formula is C58H99N5O20S. The number of carboxylic acids is 1. The summed E-state index contributed by atoms with van der Waals surface area (Å²) in [4.78, 5) is 134. The summed E-state index contributed by atoms with van der Waals surface area (Å²) >= 11 is 0. The number of hydrogen-bond donors (Lipinski definition) is 2. The number of nitrogens with zero attached hydrogens (tertiary/aromatic N) is 5. The van der Waals surface area contributed by atoms with Crippen molar-refractivity contribution in [3.63, 3.8) is 0 Å². The Morgan fingerprint density at radius 2 is 0.619 bits per heavy atom. The van der Waals surface area contributed by atoms with E-state index in [9.17, 15) is 61.2 Å². The van der Waals surface area contributed by atoms with Gasteiger partial charge in [0.25, 0.3) is 10.1 Å². The number of hydrogen-bond acceptors (Lipinski definition) is 18. The van der Waals surface area contributed by atoms with E-state index < -0.39 is 39.6 Å². The summed E-state index contributed by atoms with van der Waals surface area (Å²) in [5, 5.41) is 8.49. The highest BCUT2D eigenvalue weighted by atomic mass is 32.2. The molecule has 0 aliphatic carbocycles. The molecule has 2 N–H and O–H groups in total. The molecule has 26 heteroatoms. The molecule has 5 fully saturated rings. The van der Waals surface area contributed by atoms with Gasteiger partial charge < -0.3 is 53.3 Å². The average molecular weight is 1220 g/mol. The first-order valence-corrected chi connectivity index (χ1v) is 31.9. The lowest BCUT2D eigenvalue weighted by molar-refractivity contribution is -0.148. The van der Waals surface area contributed by atoms with Crippen LogP contribution in [0.25, 0.3) is 0 Å². The van der Waals surface area contributed by atoms with Crippen molar-refractivity contribution in [2.24, 2.45) is 29.6 Å². The minimum atomic E-state index is -4.09. The van der Waals surface area contributed by atoms with Gasteiger partial charge in [0.1, 0.15) is 0 Å². The topological polar surface area (TPSA) is 325 Å². The Morgan fingerprint density at radius 1 is 0.381 bits per heavy atom.